The van der Waals surface area contributed by atoms with Gasteiger partial charge in [-0.2, -0.15) is 0 Å². The molecule has 2 N–H and O–H groups in total. The average molecular weight is 296 g/mol. The van der Waals surface area contributed by atoms with Gasteiger partial charge < -0.3 is 15.2 Å². The van der Waals surface area contributed by atoms with Gasteiger partial charge in [0.15, 0.2) is 17.3 Å². The van der Waals surface area contributed by atoms with Crippen molar-refractivity contribution in [3.05, 3.63) is 47.2 Å². The van der Waals surface area contributed by atoms with E-state index in [0.29, 0.717) is 17.2 Å². The summed E-state index contributed by atoms with van der Waals surface area (Å²) in [5.41, 5.74) is 6.28. The summed E-state index contributed by atoms with van der Waals surface area (Å²) in [5.74, 6) is 0.221. The van der Waals surface area contributed by atoms with E-state index in [1.165, 1.54) is 12.1 Å². The lowest BCUT2D eigenvalue weighted by Crippen LogP contribution is -2.07. The number of hydrogen-bond donors (Lipinski definition) is 1. The van der Waals surface area contributed by atoms with Gasteiger partial charge in [-0.15, -0.1) is 0 Å². The first-order valence-electron chi connectivity index (χ1n) is 6.16. The number of nitrogens with two attached hydrogens (primary N) is 1. The van der Waals surface area contributed by atoms with Crippen LogP contribution in [0.3, 0.4) is 0 Å². The second-order valence-electron chi connectivity index (χ2n) is 4.49. The van der Waals surface area contributed by atoms with Gasteiger partial charge in [-0.3, -0.25) is 0 Å². The van der Waals surface area contributed by atoms with Crippen LogP contribution in [0.2, 0.25) is 5.02 Å². The molecule has 2 aromatic carbocycles. The van der Waals surface area contributed by atoms with Crippen molar-refractivity contribution in [2.45, 2.75) is 20.0 Å². The zero-order valence-corrected chi connectivity index (χ0v) is 11.9. The van der Waals surface area contributed by atoms with Crippen LogP contribution in [0, 0.1) is 5.82 Å². The number of rotatable bonds is 4. The van der Waals surface area contributed by atoms with Crippen molar-refractivity contribution < 1.29 is 13.9 Å². The molecular formula is C15H15ClFNO2. The van der Waals surface area contributed by atoms with E-state index in [1.54, 1.807) is 24.3 Å². The molecule has 0 aliphatic rings. The molecule has 0 unspecified atom stereocenters. The highest BCUT2D eigenvalue weighted by Gasteiger charge is 2.13. The lowest BCUT2D eigenvalue weighted by molar-refractivity contribution is 0.243. The third-order valence-corrected chi connectivity index (χ3v) is 2.82. The number of anilines is 1. The Balaban J connectivity index is 2.32. The topological polar surface area (TPSA) is 44.5 Å². The zero-order chi connectivity index (χ0) is 14.7. The molecule has 106 valence electrons. The SMILES string of the molecule is CC(C)Oc1cccc(Oc2cccc(Cl)c2F)c1N. The van der Waals surface area contributed by atoms with E-state index in [1.807, 2.05) is 13.8 Å². The largest absolute Gasteiger partial charge is 0.489 e. The van der Waals surface area contributed by atoms with Gasteiger partial charge in [0.2, 0.25) is 0 Å². The van der Waals surface area contributed by atoms with Crippen molar-refractivity contribution in [2.24, 2.45) is 0 Å². The van der Waals surface area contributed by atoms with Crippen molar-refractivity contribution >= 4 is 17.3 Å². The first kappa shape index (κ1) is 14.5. The molecule has 0 radical (unpaired) electrons. The maximum atomic E-state index is 13.8. The van der Waals surface area contributed by atoms with Gasteiger partial charge in [0.05, 0.1) is 11.1 Å². The van der Waals surface area contributed by atoms with Crippen molar-refractivity contribution in [1.82, 2.24) is 0 Å². The van der Waals surface area contributed by atoms with Crippen LogP contribution in [0.25, 0.3) is 0 Å². The van der Waals surface area contributed by atoms with Crippen LogP contribution in [0.1, 0.15) is 13.8 Å². The highest BCUT2D eigenvalue weighted by Crippen LogP contribution is 2.36. The summed E-state index contributed by atoms with van der Waals surface area (Å²) < 4.78 is 24.8. The van der Waals surface area contributed by atoms with E-state index in [0.717, 1.165) is 0 Å². The van der Waals surface area contributed by atoms with Crippen LogP contribution in [0.15, 0.2) is 36.4 Å². The number of nitrogen functional groups attached to an aromatic ring is 1. The van der Waals surface area contributed by atoms with Gasteiger partial charge in [0.1, 0.15) is 11.4 Å². The summed E-state index contributed by atoms with van der Waals surface area (Å²) in [6.07, 6.45) is -0.0181. The lowest BCUT2D eigenvalue weighted by Gasteiger charge is -2.15. The summed E-state index contributed by atoms with van der Waals surface area (Å²) in [5, 5.41) is -0.00402. The maximum Gasteiger partial charge on any atom is 0.184 e. The molecule has 0 atom stereocenters. The van der Waals surface area contributed by atoms with Gasteiger partial charge in [0, 0.05) is 0 Å². The smallest absolute Gasteiger partial charge is 0.184 e. The monoisotopic (exact) mass is 295 g/mol. The summed E-state index contributed by atoms with van der Waals surface area (Å²) in [4.78, 5) is 0. The summed E-state index contributed by atoms with van der Waals surface area (Å²) in [6.45, 7) is 3.78. The Labute approximate surface area is 122 Å². The summed E-state index contributed by atoms with van der Waals surface area (Å²) in [7, 11) is 0. The quantitative estimate of drug-likeness (QED) is 0.836. The molecule has 2 aromatic rings. The normalized spacial score (nSPS) is 10.7. The molecule has 20 heavy (non-hydrogen) atoms. The van der Waals surface area contributed by atoms with Gasteiger partial charge in [0.25, 0.3) is 0 Å². The fourth-order valence-corrected chi connectivity index (χ4v) is 1.82. The molecule has 0 saturated heterocycles. The first-order chi connectivity index (χ1) is 9.49. The highest BCUT2D eigenvalue weighted by atomic mass is 35.5. The van der Waals surface area contributed by atoms with E-state index in [-0.39, 0.29) is 16.9 Å². The maximum absolute atomic E-state index is 13.8. The standard InChI is InChI=1S/C15H15ClFNO2/c1-9(2)19-12-7-4-8-13(15(12)18)20-11-6-3-5-10(16)14(11)17/h3-9H,18H2,1-2H3. The van der Waals surface area contributed by atoms with Gasteiger partial charge in [-0.25, -0.2) is 4.39 Å². The minimum Gasteiger partial charge on any atom is -0.489 e. The molecular weight excluding hydrogens is 281 g/mol. The van der Waals surface area contributed by atoms with E-state index in [9.17, 15) is 4.39 Å². The van der Waals surface area contributed by atoms with Crippen LogP contribution in [0.4, 0.5) is 10.1 Å². The van der Waals surface area contributed by atoms with E-state index in [4.69, 9.17) is 26.8 Å². The van der Waals surface area contributed by atoms with Crippen LogP contribution in [-0.2, 0) is 0 Å². The predicted octanol–water partition coefficient (Wildman–Crippen LogP) is 4.64. The van der Waals surface area contributed by atoms with Crippen molar-refractivity contribution in [2.75, 3.05) is 5.73 Å². The number of ether oxygens (including phenoxy) is 2. The molecule has 0 aliphatic heterocycles. The molecule has 0 aliphatic carbocycles. The van der Waals surface area contributed by atoms with Gasteiger partial charge in [-0.1, -0.05) is 23.7 Å². The second kappa shape index (κ2) is 6.01. The fraction of sp³-hybridized carbons (Fsp3) is 0.200. The molecule has 0 bridgehead atoms. The van der Waals surface area contributed by atoms with Crippen LogP contribution >= 0.6 is 11.6 Å². The summed E-state index contributed by atoms with van der Waals surface area (Å²) in [6, 6.07) is 9.64. The molecule has 3 nitrogen and oxygen atoms in total. The van der Waals surface area contributed by atoms with Crippen LogP contribution in [0.5, 0.6) is 17.2 Å². The molecule has 0 amide bonds. The molecule has 0 spiro atoms. The van der Waals surface area contributed by atoms with Gasteiger partial charge >= 0.3 is 0 Å². The van der Waals surface area contributed by atoms with E-state index < -0.39 is 5.82 Å². The Morgan fingerprint density at radius 2 is 1.65 bits per heavy atom. The number of halogens is 2. The Morgan fingerprint density at radius 3 is 2.35 bits per heavy atom. The first-order valence-corrected chi connectivity index (χ1v) is 6.54. The molecule has 0 heterocycles. The van der Waals surface area contributed by atoms with Crippen LogP contribution in [-0.4, -0.2) is 6.10 Å². The lowest BCUT2D eigenvalue weighted by atomic mass is 10.2. The van der Waals surface area contributed by atoms with Crippen molar-refractivity contribution in [1.29, 1.82) is 0 Å². The second-order valence-corrected chi connectivity index (χ2v) is 4.90. The van der Waals surface area contributed by atoms with Crippen LogP contribution < -0.4 is 15.2 Å². The number of para-hydroxylation sites is 1. The molecule has 2 rings (SSSR count). The average Bonchev–Trinajstić information content (AvgIpc) is 2.39. The number of hydrogen-bond acceptors (Lipinski definition) is 3. The minimum absolute atomic E-state index is 0.00402. The molecule has 0 saturated carbocycles. The summed E-state index contributed by atoms with van der Waals surface area (Å²) >= 11 is 5.71. The molecule has 0 aromatic heterocycles. The van der Waals surface area contributed by atoms with Crippen molar-refractivity contribution in [3.63, 3.8) is 0 Å². The van der Waals surface area contributed by atoms with Crippen molar-refractivity contribution in [3.8, 4) is 17.2 Å². The zero-order valence-electron chi connectivity index (χ0n) is 11.2. The van der Waals surface area contributed by atoms with E-state index >= 15 is 0 Å². The Hall–Kier alpha value is -1.94. The highest BCUT2D eigenvalue weighted by molar-refractivity contribution is 6.30. The third-order valence-electron chi connectivity index (χ3n) is 2.52. The predicted molar refractivity (Wildman–Crippen MR) is 78.1 cm³/mol. The number of benzene rings is 2. The third kappa shape index (κ3) is 3.14. The van der Waals surface area contributed by atoms with E-state index in [2.05, 4.69) is 0 Å². The Bertz CT molecular complexity index is 617. The fourth-order valence-electron chi connectivity index (χ4n) is 1.65. The Kier molecular flexibility index (Phi) is 4.35. The molecule has 0 fully saturated rings. The Morgan fingerprint density at radius 1 is 1.05 bits per heavy atom. The van der Waals surface area contributed by atoms with Gasteiger partial charge in [-0.05, 0) is 38.1 Å². The minimum atomic E-state index is -0.622. The molecule has 5 heteroatoms.